The second kappa shape index (κ2) is 5.71. The first-order valence-corrected chi connectivity index (χ1v) is 5.86. The van der Waals surface area contributed by atoms with Crippen LogP contribution in [0, 0.1) is 5.82 Å². The summed E-state index contributed by atoms with van der Waals surface area (Å²) in [6.07, 6.45) is -0.400. The van der Waals surface area contributed by atoms with E-state index in [-0.39, 0.29) is 5.82 Å². The Hall–Kier alpha value is -2.08. The van der Waals surface area contributed by atoms with Gasteiger partial charge in [0.1, 0.15) is 6.10 Å². The van der Waals surface area contributed by atoms with Gasteiger partial charge in [0.05, 0.1) is 6.20 Å². The Kier molecular flexibility index (Phi) is 4.01. The molecule has 1 aromatic heterocycles. The molecule has 0 aliphatic heterocycles. The van der Waals surface area contributed by atoms with Crippen LogP contribution in [0.5, 0.6) is 0 Å². The first-order chi connectivity index (χ1) is 9.08. The van der Waals surface area contributed by atoms with E-state index in [1.165, 1.54) is 0 Å². The quantitative estimate of drug-likeness (QED) is 0.906. The molecule has 0 fully saturated rings. The van der Waals surface area contributed by atoms with Crippen LogP contribution in [-0.4, -0.2) is 16.3 Å². The van der Waals surface area contributed by atoms with Crippen LogP contribution in [0.3, 0.4) is 0 Å². The molecule has 0 aliphatic carbocycles. The van der Waals surface area contributed by atoms with Gasteiger partial charge in [0, 0.05) is 10.6 Å². The van der Waals surface area contributed by atoms with Gasteiger partial charge in [0.25, 0.3) is 0 Å². The first kappa shape index (κ1) is 13.4. The van der Waals surface area contributed by atoms with Gasteiger partial charge in [0.15, 0.2) is 11.6 Å². The molecule has 1 atom stereocenters. The van der Waals surface area contributed by atoms with Crippen molar-refractivity contribution >= 4 is 23.5 Å². The van der Waals surface area contributed by atoms with E-state index < -0.39 is 18.0 Å². The smallest absolute Gasteiger partial charge is 0.413 e. The highest BCUT2D eigenvalue weighted by molar-refractivity contribution is 6.31. The van der Waals surface area contributed by atoms with Gasteiger partial charge in [-0.2, -0.15) is 5.10 Å². The summed E-state index contributed by atoms with van der Waals surface area (Å²) < 4.78 is 18.1. The molecule has 1 unspecified atom stereocenters. The lowest BCUT2D eigenvalue weighted by atomic mass is 10.1. The van der Waals surface area contributed by atoms with Crippen LogP contribution in [0.2, 0.25) is 5.02 Å². The van der Waals surface area contributed by atoms with E-state index >= 15 is 0 Å². The van der Waals surface area contributed by atoms with Crippen LogP contribution < -0.4 is 5.32 Å². The van der Waals surface area contributed by atoms with Gasteiger partial charge in [-0.15, -0.1) is 0 Å². The molecule has 5 nitrogen and oxygen atoms in total. The number of rotatable bonds is 3. The molecule has 19 heavy (non-hydrogen) atoms. The van der Waals surface area contributed by atoms with E-state index in [4.69, 9.17) is 16.3 Å². The number of carbonyl (C=O) groups excluding carboxylic acids is 1. The van der Waals surface area contributed by atoms with Crippen LogP contribution >= 0.6 is 11.6 Å². The number of aromatic amines is 1. The zero-order chi connectivity index (χ0) is 13.8. The monoisotopic (exact) mass is 283 g/mol. The molecular formula is C12H11ClFN3O2. The van der Waals surface area contributed by atoms with Gasteiger partial charge in [-0.1, -0.05) is 29.8 Å². The Labute approximate surface area is 113 Å². The van der Waals surface area contributed by atoms with E-state index in [9.17, 15) is 9.18 Å². The fourth-order valence-corrected chi connectivity index (χ4v) is 1.81. The normalized spacial score (nSPS) is 11.9. The predicted molar refractivity (Wildman–Crippen MR) is 68.5 cm³/mol. The molecule has 2 rings (SSSR count). The standard InChI is InChI=1S/C12H11ClFN3O2/c1-7(8-4-2-3-5-9(8)13)19-12(18)16-11-10(14)6-15-17-11/h2-7H,1H3,(H2,15,16,17,18). The highest BCUT2D eigenvalue weighted by atomic mass is 35.5. The zero-order valence-corrected chi connectivity index (χ0v) is 10.7. The molecule has 0 radical (unpaired) electrons. The minimum absolute atomic E-state index is 0.142. The largest absolute Gasteiger partial charge is 0.441 e. The number of nitrogens with one attached hydrogen (secondary N) is 2. The number of nitrogens with zero attached hydrogens (tertiary/aromatic N) is 1. The number of aromatic nitrogens is 2. The van der Waals surface area contributed by atoms with E-state index in [0.717, 1.165) is 6.20 Å². The number of hydrogen-bond acceptors (Lipinski definition) is 3. The Morgan fingerprint density at radius 3 is 2.89 bits per heavy atom. The van der Waals surface area contributed by atoms with Crippen LogP contribution in [0.15, 0.2) is 30.5 Å². The average Bonchev–Trinajstić information content (AvgIpc) is 2.75. The molecule has 0 aliphatic rings. The third-order valence-corrected chi connectivity index (χ3v) is 2.79. The van der Waals surface area contributed by atoms with Gasteiger partial charge in [-0.05, 0) is 13.0 Å². The van der Waals surface area contributed by atoms with Crippen molar-refractivity contribution in [2.45, 2.75) is 13.0 Å². The summed E-state index contributed by atoms with van der Waals surface area (Å²) in [6.45, 7) is 1.67. The topological polar surface area (TPSA) is 67.0 Å². The van der Waals surface area contributed by atoms with Crippen molar-refractivity contribution in [3.05, 3.63) is 46.9 Å². The lowest BCUT2D eigenvalue weighted by Crippen LogP contribution is -2.17. The molecular weight excluding hydrogens is 273 g/mol. The zero-order valence-electron chi connectivity index (χ0n) is 9.98. The molecule has 0 bridgehead atoms. The molecule has 1 aromatic carbocycles. The number of carbonyl (C=O) groups is 1. The molecule has 100 valence electrons. The molecule has 1 heterocycles. The van der Waals surface area contributed by atoms with Crippen molar-refractivity contribution in [3.63, 3.8) is 0 Å². The van der Waals surface area contributed by atoms with Crippen molar-refractivity contribution in [2.24, 2.45) is 0 Å². The third kappa shape index (κ3) is 3.23. The van der Waals surface area contributed by atoms with Crippen molar-refractivity contribution in [1.82, 2.24) is 10.2 Å². The summed E-state index contributed by atoms with van der Waals surface area (Å²) >= 11 is 5.98. The van der Waals surface area contributed by atoms with Gasteiger partial charge >= 0.3 is 6.09 Å². The van der Waals surface area contributed by atoms with Crippen molar-refractivity contribution in [1.29, 1.82) is 0 Å². The lowest BCUT2D eigenvalue weighted by molar-refractivity contribution is 0.121. The molecule has 2 aromatic rings. The van der Waals surface area contributed by atoms with Crippen molar-refractivity contribution < 1.29 is 13.9 Å². The maximum absolute atomic E-state index is 13.0. The predicted octanol–water partition coefficient (Wildman–Crippen LogP) is 3.51. The highest BCUT2D eigenvalue weighted by Gasteiger charge is 2.16. The lowest BCUT2D eigenvalue weighted by Gasteiger charge is -2.14. The second-order valence-electron chi connectivity index (χ2n) is 3.79. The van der Waals surface area contributed by atoms with Crippen molar-refractivity contribution in [2.75, 3.05) is 5.32 Å². The second-order valence-corrected chi connectivity index (χ2v) is 4.19. The van der Waals surface area contributed by atoms with E-state index in [1.54, 1.807) is 31.2 Å². The summed E-state index contributed by atoms with van der Waals surface area (Å²) in [4.78, 5) is 11.6. The number of benzene rings is 1. The number of amides is 1. The maximum Gasteiger partial charge on any atom is 0.413 e. The molecule has 7 heteroatoms. The Balaban J connectivity index is 2.00. The summed E-state index contributed by atoms with van der Waals surface area (Å²) in [6, 6.07) is 7.01. The van der Waals surface area contributed by atoms with E-state index in [0.29, 0.717) is 10.6 Å². The average molecular weight is 284 g/mol. The Morgan fingerprint density at radius 2 is 2.26 bits per heavy atom. The highest BCUT2D eigenvalue weighted by Crippen LogP contribution is 2.25. The number of hydrogen-bond donors (Lipinski definition) is 2. The molecule has 0 saturated heterocycles. The van der Waals surface area contributed by atoms with Crippen LogP contribution in [0.4, 0.5) is 15.0 Å². The molecule has 1 amide bonds. The van der Waals surface area contributed by atoms with E-state index in [2.05, 4.69) is 15.5 Å². The Bertz CT molecular complexity index is 588. The van der Waals surface area contributed by atoms with Gasteiger partial charge in [0.2, 0.25) is 0 Å². The summed E-state index contributed by atoms with van der Waals surface area (Å²) in [5.74, 6) is -0.807. The number of halogens is 2. The number of ether oxygens (including phenoxy) is 1. The van der Waals surface area contributed by atoms with Crippen LogP contribution in [0.1, 0.15) is 18.6 Å². The summed E-state index contributed by atoms with van der Waals surface area (Å²) in [7, 11) is 0. The SMILES string of the molecule is CC(OC(=O)Nc1[nH]ncc1F)c1ccccc1Cl. The fourth-order valence-electron chi connectivity index (χ4n) is 1.52. The van der Waals surface area contributed by atoms with Crippen LogP contribution in [-0.2, 0) is 4.74 Å². The summed E-state index contributed by atoms with van der Waals surface area (Å²) in [5, 5.41) is 8.44. The maximum atomic E-state index is 13.0. The Morgan fingerprint density at radius 1 is 1.53 bits per heavy atom. The van der Waals surface area contributed by atoms with Gasteiger partial charge in [-0.3, -0.25) is 10.4 Å². The minimum atomic E-state index is -0.796. The summed E-state index contributed by atoms with van der Waals surface area (Å²) in [5.41, 5.74) is 0.671. The van der Waals surface area contributed by atoms with E-state index in [1.807, 2.05) is 0 Å². The minimum Gasteiger partial charge on any atom is -0.441 e. The molecule has 2 N–H and O–H groups in total. The first-order valence-electron chi connectivity index (χ1n) is 5.49. The third-order valence-electron chi connectivity index (χ3n) is 2.45. The van der Waals surface area contributed by atoms with Crippen molar-refractivity contribution in [3.8, 4) is 0 Å². The van der Waals surface area contributed by atoms with Gasteiger partial charge < -0.3 is 4.74 Å². The molecule has 0 spiro atoms. The van der Waals surface area contributed by atoms with Crippen LogP contribution in [0.25, 0.3) is 0 Å². The van der Waals surface area contributed by atoms with Gasteiger partial charge in [-0.25, -0.2) is 9.18 Å². The molecule has 0 saturated carbocycles. The fraction of sp³-hybridized carbons (Fsp3) is 0.167. The number of H-pyrrole nitrogens is 1. The number of anilines is 1.